The fraction of sp³-hybridized carbons (Fsp3) is 0.846. The van der Waals surface area contributed by atoms with Gasteiger partial charge in [-0.25, -0.2) is 0 Å². The molecule has 2 bridgehead atoms. The molecule has 4 unspecified atom stereocenters. The lowest BCUT2D eigenvalue weighted by Gasteiger charge is -2.43. The predicted molar refractivity (Wildman–Crippen MR) is 60.8 cm³/mol. The Hall–Kier alpha value is -0.340. The molecule has 15 heavy (non-hydrogen) atoms. The summed E-state index contributed by atoms with van der Waals surface area (Å²) in [6.07, 6.45) is 9.24. The fourth-order valence-electron chi connectivity index (χ4n) is 3.63. The minimum Gasteiger partial charge on any atom is -0.367 e. The van der Waals surface area contributed by atoms with Crippen LogP contribution in [0.3, 0.4) is 0 Å². The normalized spacial score (nSPS) is 48.7. The average Bonchev–Trinajstić information content (AvgIpc) is 2.61. The molecule has 1 saturated carbocycles. The molecule has 1 N–H and O–H groups in total. The van der Waals surface area contributed by atoms with Crippen LogP contribution in [0.5, 0.6) is 0 Å². The maximum Gasteiger partial charge on any atom is 0.0911 e. The topological polar surface area (TPSA) is 21.3 Å². The van der Waals surface area contributed by atoms with Crippen LogP contribution in [0.4, 0.5) is 0 Å². The molecule has 3 rings (SSSR count). The SMILES string of the molecule is CNC1CCC2=CC(C)C3CCC2(C1)O3. The van der Waals surface area contributed by atoms with Gasteiger partial charge in [-0.2, -0.15) is 0 Å². The number of nitrogens with one attached hydrogen (secondary N) is 1. The van der Waals surface area contributed by atoms with Gasteiger partial charge in [0.15, 0.2) is 0 Å². The highest BCUT2D eigenvalue weighted by atomic mass is 16.5. The first kappa shape index (κ1) is 9.86. The van der Waals surface area contributed by atoms with Gasteiger partial charge in [0.1, 0.15) is 0 Å². The Bertz CT molecular complexity index is 299. The molecule has 0 radical (unpaired) electrons. The van der Waals surface area contributed by atoms with Crippen molar-refractivity contribution in [1.82, 2.24) is 5.32 Å². The third kappa shape index (κ3) is 1.38. The van der Waals surface area contributed by atoms with E-state index >= 15 is 0 Å². The first-order valence-corrected chi connectivity index (χ1v) is 6.30. The second kappa shape index (κ2) is 3.33. The largest absolute Gasteiger partial charge is 0.367 e. The molecule has 0 amide bonds. The Morgan fingerprint density at radius 2 is 2.33 bits per heavy atom. The first-order valence-electron chi connectivity index (χ1n) is 6.30. The van der Waals surface area contributed by atoms with E-state index in [1.807, 2.05) is 0 Å². The predicted octanol–water partition coefficient (Wildman–Crippen LogP) is 2.25. The van der Waals surface area contributed by atoms with Crippen molar-refractivity contribution in [3.63, 3.8) is 0 Å². The van der Waals surface area contributed by atoms with Crippen molar-refractivity contribution in [1.29, 1.82) is 0 Å². The van der Waals surface area contributed by atoms with E-state index in [1.165, 1.54) is 32.1 Å². The molecule has 2 fully saturated rings. The molecule has 2 nitrogen and oxygen atoms in total. The highest BCUT2D eigenvalue weighted by Crippen LogP contribution is 2.50. The lowest BCUT2D eigenvalue weighted by molar-refractivity contribution is -0.0608. The third-order valence-electron chi connectivity index (χ3n) is 4.59. The average molecular weight is 207 g/mol. The second-order valence-electron chi connectivity index (χ2n) is 5.47. The van der Waals surface area contributed by atoms with E-state index in [0.29, 0.717) is 18.1 Å². The number of hydrogen-bond donors (Lipinski definition) is 1. The molecular formula is C13H21NO. The van der Waals surface area contributed by atoms with Crippen molar-refractivity contribution in [2.45, 2.75) is 56.8 Å². The third-order valence-corrected chi connectivity index (χ3v) is 4.59. The van der Waals surface area contributed by atoms with Crippen LogP contribution in [0.25, 0.3) is 0 Å². The molecule has 0 aromatic heterocycles. The molecule has 4 atom stereocenters. The summed E-state index contributed by atoms with van der Waals surface area (Å²) in [6.45, 7) is 2.30. The van der Waals surface area contributed by atoms with Crippen molar-refractivity contribution in [2.24, 2.45) is 5.92 Å². The zero-order chi connectivity index (χ0) is 10.5. The Morgan fingerprint density at radius 3 is 3.13 bits per heavy atom. The van der Waals surface area contributed by atoms with Gasteiger partial charge in [-0.3, -0.25) is 0 Å². The van der Waals surface area contributed by atoms with E-state index in [4.69, 9.17) is 4.74 Å². The van der Waals surface area contributed by atoms with Crippen LogP contribution in [-0.4, -0.2) is 24.8 Å². The summed E-state index contributed by atoms with van der Waals surface area (Å²) < 4.78 is 6.32. The van der Waals surface area contributed by atoms with Gasteiger partial charge in [0, 0.05) is 12.0 Å². The Labute approximate surface area is 92.1 Å². The Kier molecular flexibility index (Phi) is 2.18. The van der Waals surface area contributed by atoms with Crippen molar-refractivity contribution in [3.05, 3.63) is 11.6 Å². The van der Waals surface area contributed by atoms with Gasteiger partial charge in [-0.1, -0.05) is 13.0 Å². The molecule has 2 heterocycles. The van der Waals surface area contributed by atoms with Crippen LogP contribution in [0.15, 0.2) is 11.6 Å². The molecule has 84 valence electrons. The first-order chi connectivity index (χ1) is 7.23. The van der Waals surface area contributed by atoms with Gasteiger partial charge in [0.2, 0.25) is 0 Å². The van der Waals surface area contributed by atoms with E-state index in [9.17, 15) is 0 Å². The van der Waals surface area contributed by atoms with Gasteiger partial charge in [0.05, 0.1) is 11.7 Å². The van der Waals surface area contributed by atoms with Crippen molar-refractivity contribution >= 4 is 0 Å². The summed E-state index contributed by atoms with van der Waals surface area (Å²) in [5, 5.41) is 3.42. The maximum absolute atomic E-state index is 6.32. The molecule has 1 spiro atoms. The summed E-state index contributed by atoms with van der Waals surface area (Å²) in [5.41, 5.74) is 1.75. The molecule has 2 heteroatoms. The highest BCUT2D eigenvalue weighted by Gasteiger charge is 2.50. The van der Waals surface area contributed by atoms with Crippen molar-refractivity contribution < 1.29 is 4.74 Å². The van der Waals surface area contributed by atoms with Crippen LogP contribution >= 0.6 is 0 Å². The van der Waals surface area contributed by atoms with Crippen LogP contribution < -0.4 is 5.32 Å². The van der Waals surface area contributed by atoms with Gasteiger partial charge >= 0.3 is 0 Å². The van der Waals surface area contributed by atoms with Crippen molar-refractivity contribution in [3.8, 4) is 0 Å². The quantitative estimate of drug-likeness (QED) is 0.666. The fourth-order valence-corrected chi connectivity index (χ4v) is 3.63. The monoisotopic (exact) mass is 207 g/mol. The van der Waals surface area contributed by atoms with Crippen LogP contribution in [-0.2, 0) is 4.74 Å². The zero-order valence-electron chi connectivity index (χ0n) is 9.75. The smallest absolute Gasteiger partial charge is 0.0911 e. The zero-order valence-corrected chi connectivity index (χ0v) is 9.75. The molecule has 0 aromatic rings. The number of hydrogen-bond acceptors (Lipinski definition) is 2. The summed E-state index contributed by atoms with van der Waals surface area (Å²) in [5.74, 6) is 0.641. The molecule has 1 aliphatic carbocycles. The molecule has 1 saturated heterocycles. The second-order valence-corrected chi connectivity index (χ2v) is 5.47. The Balaban J connectivity index is 1.91. The molecular weight excluding hydrogens is 186 g/mol. The number of rotatable bonds is 1. The van der Waals surface area contributed by atoms with Gasteiger partial charge in [-0.05, 0) is 44.7 Å². The number of ether oxygens (including phenoxy) is 1. The van der Waals surface area contributed by atoms with E-state index in [0.717, 1.165) is 0 Å². The van der Waals surface area contributed by atoms with Crippen LogP contribution in [0.2, 0.25) is 0 Å². The van der Waals surface area contributed by atoms with E-state index in [1.54, 1.807) is 5.57 Å². The molecule has 2 aliphatic heterocycles. The minimum absolute atomic E-state index is 0.142. The highest BCUT2D eigenvalue weighted by molar-refractivity contribution is 5.28. The summed E-state index contributed by atoms with van der Waals surface area (Å²) in [4.78, 5) is 0. The minimum atomic E-state index is 0.142. The van der Waals surface area contributed by atoms with Gasteiger partial charge in [-0.15, -0.1) is 0 Å². The van der Waals surface area contributed by atoms with Crippen LogP contribution in [0, 0.1) is 5.92 Å². The van der Waals surface area contributed by atoms with Crippen molar-refractivity contribution in [2.75, 3.05) is 7.05 Å². The van der Waals surface area contributed by atoms with Gasteiger partial charge < -0.3 is 10.1 Å². The molecule has 0 aromatic carbocycles. The van der Waals surface area contributed by atoms with Crippen LogP contribution in [0.1, 0.15) is 39.0 Å². The van der Waals surface area contributed by atoms with E-state index in [-0.39, 0.29) is 5.60 Å². The lowest BCUT2D eigenvalue weighted by Crippen LogP contribution is -2.46. The Morgan fingerprint density at radius 1 is 1.47 bits per heavy atom. The summed E-state index contributed by atoms with van der Waals surface area (Å²) >= 11 is 0. The lowest BCUT2D eigenvalue weighted by atomic mass is 9.75. The standard InChI is InChI=1S/C13H21NO/c1-9-7-10-3-4-11(14-2)8-13(10)6-5-12(9)15-13/h7,9,11-12,14H,3-6,8H2,1-2H3. The van der Waals surface area contributed by atoms with Gasteiger partial charge in [0.25, 0.3) is 0 Å². The van der Waals surface area contributed by atoms with E-state index in [2.05, 4.69) is 25.4 Å². The van der Waals surface area contributed by atoms with E-state index < -0.39 is 0 Å². The maximum atomic E-state index is 6.32. The number of fused-ring (bicyclic) bond motifs is 1. The molecule has 3 aliphatic rings. The summed E-state index contributed by atoms with van der Waals surface area (Å²) in [6, 6.07) is 0.661. The summed E-state index contributed by atoms with van der Waals surface area (Å²) in [7, 11) is 2.08.